The van der Waals surface area contributed by atoms with Crippen LogP contribution in [0.1, 0.15) is 5.56 Å². The molecule has 3 heterocycles. The van der Waals surface area contributed by atoms with Crippen molar-refractivity contribution < 1.29 is 23.0 Å². The molecule has 170 valence electrons. The molecule has 34 heavy (non-hydrogen) atoms. The van der Waals surface area contributed by atoms with E-state index in [1.807, 2.05) is 0 Å². The second-order valence-corrected chi connectivity index (χ2v) is 8.33. The van der Waals surface area contributed by atoms with Crippen LogP contribution in [0.3, 0.4) is 0 Å². The molecule has 5 rings (SSSR count). The Morgan fingerprint density at radius 1 is 1.21 bits per heavy atom. The van der Waals surface area contributed by atoms with Gasteiger partial charge in [-0.25, -0.2) is 4.68 Å². The standard InChI is InChI=1S/C23H14F2N4O4S/c1-28(15-5-6-17-18(10-15)33-23(24,25)32-17)19(30)12-29-22(31)16-7-8-34-21(16)20(27-29)14-4-2-3-13(9-14)11-26/h2-10H,12H2,1H3. The molecule has 0 aliphatic carbocycles. The SMILES string of the molecule is CN(C(=O)Cn1nc(-c2cccc(C#N)c2)c2sccc2c1=O)c1ccc2c(c1)OC(F)(F)O2. The Bertz CT molecular complexity index is 1560. The van der Waals surface area contributed by atoms with Gasteiger partial charge in [0.25, 0.3) is 5.56 Å². The summed E-state index contributed by atoms with van der Waals surface area (Å²) in [4.78, 5) is 27.2. The molecular weight excluding hydrogens is 466 g/mol. The van der Waals surface area contributed by atoms with Gasteiger partial charge in [0.1, 0.15) is 12.2 Å². The van der Waals surface area contributed by atoms with E-state index in [1.165, 1.54) is 41.5 Å². The maximum atomic E-state index is 13.3. The Balaban J connectivity index is 1.48. The average Bonchev–Trinajstić information content (AvgIpc) is 3.43. The van der Waals surface area contributed by atoms with Crippen molar-refractivity contribution in [3.8, 4) is 28.8 Å². The molecule has 4 aromatic rings. The molecule has 2 aromatic heterocycles. The number of aromatic nitrogens is 2. The first-order chi connectivity index (χ1) is 16.3. The third-order valence-electron chi connectivity index (χ3n) is 5.26. The highest BCUT2D eigenvalue weighted by molar-refractivity contribution is 7.17. The number of hydrogen-bond acceptors (Lipinski definition) is 7. The molecule has 2 aromatic carbocycles. The third kappa shape index (κ3) is 3.74. The van der Waals surface area contributed by atoms with Crippen LogP contribution in [0, 0.1) is 11.3 Å². The first-order valence-electron chi connectivity index (χ1n) is 9.91. The lowest BCUT2D eigenvalue weighted by Gasteiger charge is -2.18. The number of alkyl halides is 2. The number of carbonyl (C=O) groups is 1. The summed E-state index contributed by atoms with van der Waals surface area (Å²) in [6, 6.07) is 14.5. The number of nitriles is 1. The largest absolute Gasteiger partial charge is 0.586 e. The molecule has 11 heteroatoms. The van der Waals surface area contributed by atoms with Crippen LogP contribution in [0.15, 0.2) is 58.7 Å². The highest BCUT2D eigenvalue weighted by atomic mass is 32.1. The summed E-state index contributed by atoms with van der Waals surface area (Å²) in [6.07, 6.45) is -3.77. The van der Waals surface area contributed by atoms with Crippen LogP contribution in [-0.2, 0) is 11.3 Å². The molecular formula is C23H14F2N4O4S. The normalized spacial score (nSPS) is 13.6. The van der Waals surface area contributed by atoms with Crippen molar-refractivity contribution in [2.45, 2.75) is 12.8 Å². The fourth-order valence-electron chi connectivity index (χ4n) is 3.57. The summed E-state index contributed by atoms with van der Waals surface area (Å²) in [7, 11) is 1.45. The van der Waals surface area contributed by atoms with Gasteiger partial charge < -0.3 is 14.4 Å². The van der Waals surface area contributed by atoms with E-state index in [9.17, 15) is 23.6 Å². The molecule has 0 N–H and O–H groups in total. The van der Waals surface area contributed by atoms with Gasteiger partial charge in [-0.2, -0.15) is 10.4 Å². The van der Waals surface area contributed by atoms with E-state index in [0.29, 0.717) is 26.9 Å². The fourth-order valence-corrected chi connectivity index (χ4v) is 4.46. The molecule has 0 saturated heterocycles. The number of benzene rings is 2. The van der Waals surface area contributed by atoms with Crippen molar-refractivity contribution in [3.05, 3.63) is 69.8 Å². The number of rotatable bonds is 4. The Hall–Kier alpha value is -4.30. The zero-order valence-electron chi connectivity index (χ0n) is 17.5. The highest BCUT2D eigenvalue weighted by Crippen LogP contribution is 2.42. The van der Waals surface area contributed by atoms with E-state index in [4.69, 9.17) is 0 Å². The van der Waals surface area contributed by atoms with E-state index in [2.05, 4.69) is 20.6 Å². The van der Waals surface area contributed by atoms with Crippen molar-refractivity contribution in [1.29, 1.82) is 5.26 Å². The number of nitrogens with zero attached hydrogens (tertiary/aromatic N) is 4. The van der Waals surface area contributed by atoms with Crippen molar-refractivity contribution in [3.63, 3.8) is 0 Å². The van der Waals surface area contributed by atoms with E-state index >= 15 is 0 Å². The number of fused-ring (bicyclic) bond motifs is 2. The van der Waals surface area contributed by atoms with Crippen molar-refractivity contribution in [2.24, 2.45) is 0 Å². The van der Waals surface area contributed by atoms with Crippen molar-refractivity contribution >= 4 is 33.0 Å². The van der Waals surface area contributed by atoms with Crippen LogP contribution >= 0.6 is 11.3 Å². The van der Waals surface area contributed by atoms with E-state index < -0.39 is 24.3 Å². The number of carbonyl (C=O) groups excluding carboxylic acids is 1. The lowest BCUT2D eigenvalue weighted by Crippen LogP contribution is -2.35. The molecule has 0 spiro atoms. The predicted octanol–water partition coefficient (Wildman–Crippen LogP) is 3.98. The monoisotopic (exact) mass is 480 g/mol. The molecule has 1 amide bonds. The van der Waals surface area contributed by atoms with Gasteiger partial charge in [-0.15, -0.1) is 20.1 Å². The smallest absolute Gasteiger partial charge is 0.395 e. The number of thiophene rings is 1. The number of hydrogen-bond donors (Lipinski definition) is 0. The maximum absolute atomic E-state index is 13.3. The highest BCUT2D eigenvalue weighted by Gasteiger charge is 2.43. The van der Waals surface area contributed by atoms with Gasteiger partial charge in [0, 0.05) is 24.4 Å². The molecule has 0 fully saturated rings. The van der Waals surface area contributed by atoms with Gasteiger partial charge in [-0.1, -0.05) is 12.1 Å². The molecule has 1 aliphatic heterocycles. The first kappa shape index (κ1) is 21.5. The first-order valence-corrected chi connectivity index (χ1v) is 10.8. The number of ether oxygens (including phenoxy) is 2. The lowest BCUT2D eigenvalue weighted by atomic mass is 10.1. The minimum absolute atomic E-state index is 0.139. The molecule has 1 aliphatic rings. The van der Waals surface area contributed by atoms with Crippen LogP contribution in [0.2, 0.25) is 0 Å². The summed E-state index contributed by atoms with van der Waals surface area (Å²) in [6.45, 7) is -0.392. The third-order valence-corrected chi connectivity index (χ3v) is 6.18. The predicted molar refractivity (Wildman–Crippen MR) is 120 cm³/mol. The van der Waals surface area contributed by atoms with Crippen molar-refractivity contribution in [1.82, 2.24) is 9.78 Å². The average molecular weight is 480 g/mol. The quantitative estimate of drug-likeness (QED) is 0.438. The summed E-state index contributed by atoms with van der Waals surface area (Å²) < 4.78 is 37.1. The molecule has 0 radical (unpaired) electrons. The van der Waals surface area contributed by atoms with E-state index in [-0.39, 0.29) is 17.2 Å². The zero-order valence-corrected chi connectivity index (χ0v) is 18.3. The summed E-state index contributed by atoms with van der Waals surface area (Å²) in [5.74, 6) is -0.844. The van der Waals surface area contributed by atoms with Crippen molar-refractivity contribution in [2.75, 3.05) is 11.9 Å². The number of anilines is 1. The Morgan fingerprint density at radius 2 is 2.00 bits per heavy atom. The topological polar surface area (TPSA) is 97.5 Å². The molecule has 0 atom stereocenters. The lowest BCUT2D eigenvalue weighted by molar-refractivity contribution is -0.286. The fraction of sp³-hybridized carbons (Fsp3) is 0.130. The second kappa shape index (κ2) is 7.93. The number of amides is 1. The molecule has 0 unspecified atom stereocenters. The van der Waals surface area contributed by atoms with Crippen LogP contribution < -0.4 is 19.9 Å². The summed E-state index contributed by atoms with van der Waals surface area (Å²) in [5, 5.41) is 15.8. The van der Waals surface area contributed by atoms with Crippen LogP contribution in [0.25, 0.3) is 21.3 Å². The number of likely N-dealkylation sites (N-methyl/N-ethyl adjacent to an activating group) is 1. The minimum atomic E-state index is -3.77. The van der Waals surface area contributed by atoms with Gasteiger partial charge in [0.2, 0.25) is 5.91 Å². The van der Waals surface area contributed by atoms with E-state index in [1.54, 1.807) is 35.7 Å². The minimum Gasteiger partial charge on any atom is -0.395 e. The Morgan fingerprint density at radius 3 is 2.79 bits per heavy atom. The molecule has 0 bridgehead atoms. The van der Waals surface area contributed by atoms with Crippen LogP contribution in [0.5, 0.6) is 11.5 Å². The van der Waals surface area contributed by atoms with E-state index in [0.717, 1.165) is 4.68 Å². The number of halogens is 2. The maximum Gasteiger partial charge on any atom is 0.586 e. The van der Waals surface area contributed by atoms with Crippen LogP contribution in [-0.4, -0.2) is 29.0 Å². The Kier molecular flexibility index (Phi) is 5.02. The van der Waals surface area contributed by atoms with Gasteiger partial charge in [-0.05, 0) is 35.7 Å². The zero-order chi connectivity index (χ0) is 24.0. The van der Waals surface area contributed by atoms with Gasteiger partial charge in [0.05, 0.1) is 21.7 Å². The summed E-state index contributed by atoms with van der Waals surface area (Å²) in [5.41, 5.74) is 1.38. The van der Waals surface area contributed by atoms with Gasteiger partial charge >= 0.3 is 6.29 Å². The summed E-state index contributed by atoms with van der Waals surface area (Å²) >= 11 is 1.34. The van der Waals surface area contributed by atoms with Crippen LogP contribution in [0.4, 0.5) is 14.5 Å². The Labute approximate surface area is 194 Å². The molecule has 8 nitrogen and oxygen atoms in total. The van der Waals surface area contributed by atoms with Gasteiger partial charge in [-0.3, -0.25) is 9.59 Å². The molecule has 0 saturated carbocycles. The van der Waals surface area contributed by atoms with Gasteiger partial charge in [0.15, 0.2) is 11.5 Å². The second-order valence-electron chi connectivity index (χ2n) is 7.42.